The van der Waals surface area contributed by atoms with E-state index < -0.39 is 0 Å². The van der Waals surface area contributed by atoms with Gasteiger partial charge in [0.15, 0.2) is 0 Å². The molecule has 1 aromatic carbocycles. The molecule has 0 radical (unpaired) electrons. The Labute approximate surface area is 94.8 Å². The van der Waals surface area contributed by atoms with Gasteiger partial charge in [-0.25, -0.2) is 0 Å². The van der Waals surface area contributed by atoms with Crippen molar-refractivity contribution in [2.45, 2.75) is 6.42 Å². The van der Waals surface area contributed by atoms with Gasteiger partial charge in [-0.1, -0.05) is 5.92 Å². The molecule has 84 valence electrons. The van der Waals surface area contributed by atoms with Crippen molar-refractivity contribution in [1.29, 1.82) is 0 Å². The number of benzene rings is 1. The number of amides is 1. The van der Waals surface area contributed by atoms with Crippen LogP contribution < -0.4 is 15.8 Å². The molecule has 0 heterocycles. The summed E-state index contributed by atoms with van der Waals surface area (Å²) in [6, 6.07) is 7.03. The zero-order valence-corrected chi connectivity index (χ0v) is 8.90. The molecule has 1 aromatic rings. The Kier molecular flexibility index (Phi) is 4.90. The first-order valence-electron chi connectivity index (χ1n) is 4.92. The van der Waals surface area contributed by atoms with Crippen molar-refractivity contribution in [3.8, 4) is 18.1 Å². The van der Waals surface area contributed by atoms with Crippen molar-refractivity contribution in [1.82, 2.24) is 0 Å². The summed E-state index contributed by atoms with van der Waals surface area (Å²) in [5, 5.41) is 2.66. The van der Waals surface area contributed by atoms with E-state index in [0.29, 0.717) is 18.8 Å². The van der Waals surface area contributed by atoms with Crippen molar-refractivity contribution in [2.24, 2.45) is 5.73 Å². The lowest BCUT2D eigenvalue weighted by Crippen LogP contribution is -2.11. The Hall–Kier alpha value is -1.99. The Morgan fingerprint density at radius 2 is 2.12 bits per heavy atom. The number of carbonyl (C=O) groups excluding carboxylic acids is 1. The molecule has 0 aliphatic carbocycles. The monoisotopic (exact) mass is 218 g/mol. The van der Waals surface area contributed by atoms with Crippen LogP contribution in [-0.2, 0) is 4.79 Å². The quantitative estimate of drug-likeness (QED) is 0.724. The third kappa shape index (κ3) is 4.03. The maximum Gasteiger partial charge on any atom is 0.236 e. The smallest absolute Gasteiger partial charge is 0.236 e. The first-order chi connectivity index (χ1) is 7.76. The number of carbonyl (C=O) groups is 1. The van der Waals surface area contributed by atoms with E-state index in [4.69, 9.17) is 16.9 Å². The van der Waals surface area contributed by atoms with E-state index in [9.17, 15) is 4.79 Å². The summed E-state index contributed by atoms with van der Waals surface area (Å²) in [6.45, 7) is 0.948. The van der Waals surface area contributed by atoms with Crippen LogP contribution in [0.15, 0.2) is 24.3 Å². The number of ether oxygens (including phenoxy) is 1. The molecule has 3 N–H and O–H groups in total. The average molecular weight is 218 g/mol. The summed E-state index contributed by atoms with van der Waals surface area (Å²) >= 11 is 0. The third-order valence-electron chi connectivity index (χ3n) is 1.79. The van der Waals surface area contributed by atoms with Gasteiger partial charge in [-0.15, -0.1) is 6.42 Å². The van der Waals surface area contributed by atoms with Crippen molar-refractivity contribution >= 4 is 11.6 Å². The van der Waals surface area contributed by atoms with Gasteiger partial charge in [0.2, 0.25) is 5.91 Å². The summed E-state index contributed by atoms with van der Waals surface area (Å²) in [5.74, 6) is 2.80. The van der Waals surface area contributed by atoms with Gasteiger partial charge in [0, 0.05) is 12.2 Å². The Morgan fingerprint density at radius 1 is 1.44 bits per heavy atom. The zero-order chi connectivity index (χ0) is 11.8. The Balaban J connectivity index is 2.51. The van der Waals surface area contributed by atoms with E-state index >= 15 is 0 Å². The molecule has 1 rings (SSSR count). The fourth-order valence-electron chi connectivity index (χ4n) is 1.11. The molecule has 0 aromatic heterocycles. The minimum Gasteiger partial charge on any atom is -0.492 e. The van der Waals surface area contributed by atoms with Crippen LogP contribution in [0.5, 0.6) is 5.75 Å². The van der Waals surface area contributed by atoms with Crippen LogP contribution in [-0.4, -0.2) is 19.1 Å². The van der Waals surface area contributed by atoms with Crippen molar-refractivity contribution in [2.75, 3.05) is 18.5 Å². The van der Waals surface area contributed by atoms with E-state index in [1.54, 1.807) is 24.3 Å². The molecule has 0 atom stereocenters. The summed E-state index contributed by atoms with van der Waals surface area (Å²) in [4.78, 5) is 11.2. The van der Waals surface area contributed by atoms with Gasteiger partial charge < -0.3 is 15.8 Å². The lowest BCUT2D eigenvalue weighted by atomic mass is 10.3. The highest BCUT2D eigenvalue weighted by Gasteiger charge is 2.00. The number of nitrogens with one attached hydrogen (secondary N) is 1. The standard InChI is InChI=1S/C12H14N2O2/c1-2-3-12(15)14-10-4-6-11(7-5-10)16-9-8-13/h1,4-7H,3,8-9,13H2,(H,14,15). The maximum atomic E-state index is 11.2. The highest BCUT2D eigenvalue weighted by atomic mass is 16.5. The van der Waals surface area contributed by atoms with E-state index in [2.05, 4.69) is 11.2 Å². The Bertz CT molecular complexity index is 379. The lowest BCUT2D eigenvalue weighted by molar-refractivity contribution is -0.115. The molecule has 0 unspecified atom stereocenters. The van der Waals surface area contributed by atoms with E-state index in [1.807, 2.05) is 0 Å². The number of nitrogens with two attached hydrogens (primary N) is 1. The van der Waals surface area contributed by atoms with Crippen LogP contribution in [0.2, 0.25) is 0 Å². The molecule has 0 fully saturated rings. The summed E-state index contributed by atoms with van der Waals surface area (Å²) < 4.78 is 5.29. The number of rotatable bonds is 5. The van der Waals surface area contributed by atoms with Gasteiger partial charge in [0.05, 0.1) is 6.42 Å². The Morgan fingerprint density at radius 3 is 2.69 bits per heavy atom. The second kappa shape index (κ2) is 6.49. The van der Waals surface area contributed by atoms with Crippen LogP contribution in [0.4, 0.5) is 5.69 Å². The van der Waals surface area contributed by atoms with Crippen LogP contribution in [0.3, 0.4) is 0 Å². The molecule has 1 amide bonds. The minimum atomic E-state index is -0.196. The largest absolute Gasteiger partial charge is 0.492 e. The van der Waals surface area contributed by atoms with Gasteiger partial charge in [-0.3, -0.25) is 4.79 Å². The predicted octanol–water partition coefficient (Wildman–Crippen LogP) is 0.986. The average Bonchev–Trinajstić information content (AvgIpc) is 2.28. The molecule has 4 nitrogen and oxygen atoms in total. The molecule has 0 aliphatic heterocycles. The highest BCUT2D eigenvalue weighted by Crippen LogP contribution is 2.15. The number of anilines is 1. The molecule has 0 saturated heterocycles. The van der Waals surface area contributed by atoms with Crippen LogP contribution in [0.1, 0.15) is 6.42 Å². The summed E-state index contributed by atoms with van der Waals surface area (Å²) in [6.07, 6.45) is 5.09. The maximum absolute atomic E-state index is 11.2. The van der Waals surface area contributed by atoms with Gasteiger partial charge >= 0.3 is 0 Å². The summed E-state index contributed by atoms with van der Waals surface area (Å²) in [5.41, 5.74) is 6.00. The lowest BCUT2D eigenvalue weighted by Gasteiger charge is -2.06. The van der Waals surface area contributed by atoms with Gasteiger partial charge in [-0.2, -0.15) is 0 Å². The fraction of sp³-hybridized carbons (Fsp3) is 0.250. The topological polar surface area (TPSA) is 64.3 Å². The first kappa shape index (κ1) is 12.1. The minimum absolute atomic E-state index is 0.0748. The SMILES string of the molecule is C#CCC(=O)Nc1ccc(OCCN)cc1. The normalized spacial score (nSPS) is 9.25. The number of hydrogen-bond acceptors (Lipinski definition) is 3. The van der Waals surface area contributed by atoms with Gasteiger partial charge in [-0.05, 0) is 24.3 Å². The second-order valence-corrected chi connectivity index (χ2v) is 3.09. The molecular formula is C12H14N2O2. The van der Waals surface area contributed by atoms with Crippen molar-refractivity contribution in [3.63, 3.8) is 0 Å². The molecule has 16 heavy (non-hydrogen) atoms. The predicted molar refractivity (Wildman–Crippen MR) is 63.1 cm³/mol. The number of hydrogen-bond donors (Lipinski definition) is 2. The van der Waals surface area contributed by atoms with E-state index in [-0.39, 0.29) is 12.3 Å². The molecule has 0 spiro atoms. The van der Waals surface area contributed by atoms with Crippen LogP contribution >= 0.6 is 0 Å². The molecule has 0 saturated carbocycles. The van der Waals surface area contributed by atoms with E-state index in [1.165, 1.54) is 0 Å². The second-order valence-electron chi connectivity index (χ2n) is 3.09. The number of terminal acetylenes is 1. The van der Waals surface area contributed by atoms with Crippen LogP contribution in [0.25, 0.3) is 0 Å². The molecule has 4 heteroatoms. The van der Waals surface area contributed by atoms with Gasteiger partial charge in [0.25, 0.3) is 0 Å². The third-order valence-corrected chi connectivity index (χ3v) is 1.79. The first-order valence-corrected chi connectivity index (χ1v) is 4.92. The molecular weight excluding hydrogens is 204 g/mol. The zero-order valence-electron chi connectivity index (χ0n) is 8.90. The highest BCUT2D eigenvalue weighted by molar-refractivity contribution is 5.92. The van der Waals surface area contributed by atoms with E-state index in [0.717, 1.165) is 5.75 Å². The van der Waals surface area contributed by atoms with Crippen molar-refractivity contribution in [3.05, 3.63) is 24.3 Å². The van der Waals surface area contributed by atoms with Crippen LogP contribution in [0, 0.1) is 12.3 Å². The van der Waals surface area contributed by atoms with Crippen molar-refractivity contribution < 1.29 is 9.53 Å². The molecule has 0 bridgehead atoms. The summed E-state index contributed by atoms with van der Waals surface area (Å²) in [7, 11) is 0. The molecule has 0 aliphatic rings. The van der Waals surface area contributed by atoms with Gasteiger partial charge in [0.1, 0.15) is 12.4 Å². The fourth-order valence-corrected chi connectivity index (χ4v) is 1.11.